The van der Waals surface area contributed by atoms with E-state index >= 15 is 0 Å². The zero-order chi connectivity index (χ0) is 16.9. The van der Waals surface area contributed by atoms with Crippen LogP contribution in [0, 0.1) is 6.92 Å². The van der Waals surface area contributed by atoms with E-state index in [9.17, 15) is 4.79 Å². The van der Waals surface area contributed by atoms with Gasteiger partial charge in [0, 0.05) is 35.9 Å². The maximum atomic E-state index is 11.7. The van der Waals surface area contributed by atoms with E-state index in [4.69, 9.17) is 4.74 Å². The third kappa shape index (κ3) is 3.57. The summed E-state index contributed by atoms with van der Waals surface area (Å²) in [4.78, 5) is 27.5. The van der Waals surface area contributed by atoms with Crippen LogP contribution in [0.2, 0.25) is 0 Å². The number of hydrogen-bond donors (Lipinski definition) is 2. The van der Waals surface area contributed by atoms with Gasteiger partial charge in [0.2, 0.25) is 0 Å². The topological polar surface area (TPSA) is 92.8 Å². The first kappa shape index (κ1) is 15.7. The molecular weight excluding hydrogens is 306 g/mol. The number of H-pyrrole nitrogens is 1. The molecule has 0 saturated carbocycles. The van der Waals surface area contributed by atoms with Crippen LogP contribution in [0.1, 0.15) is 23.1 Å². The Balaban J connectivity index is 1.83. The maximum Gasteiger partial charge on any atom is 0.354 e. The van der Waals surface area contributed by atoms with E-state index in [1.54, 1.807) is 31.6 Å². The molecule has 0 spiro atoms. The molecule has 0 atom stereocenters. The minimum absolute atomic E-state index is 0.334. The molecule has 0 amide bonds. The van der Waals surface area contributed by atoms with Gasteiger partial charge in [0.1, 0.15) is 11.5 Å². The van der Waals surface area contributed by atoms with Crippen molar-refractivity contribution in [3.05, 3.63) is 54.2 Å². The van der Waals surface area contributed by atoms with Crippen molar-refractivity contribution in [1.82, 2.24) is 19.9 Å². The molecule has 3 heterocycles. The zero-order valence-electron chi connectivity index (χ0n) is 13.4. The highest BCUT2D eigenvalue weighted by atomic mass is 16.5. The lowest BCUT2D eigenvalue weighted by molar-refractivity contribution is 0.0520. The van der Waals surface area contributed by atoms with Gasteiger partial charge in [-0.15, -0.1) is 0 Å². The van der Waals surface area contributed by atoms with E-state index in [0.29, 0.717) is 23.9 Å². The van der Waals surface area contributed by atoms with Crippen molar-refractivity contribution in [3.63, 3.8) is 0 Å². The fraction of sp³-hybridized carbons (Fsp3) is 0.176. The molecule has 0 aliphatic carbocycles. The first-order chi connectivity index (χ1) is 11.7. The number of aromatic nitrogens is 4. The van der Waals surface area contributed by atoms with E-state index < -0.39 is 0 Å². The van der Waals surface area contributed by atoms with Crippen molar-refractivity contribution < 1.29 is 9.53 Å². The second-order valence-electron chi connectivity index (χ2n) is 5.10. The molecule has 3 rings (SSSR count). The van der Waals surface area contributed by atoms with Gasteiger partial charge in [-0.2, -0.15) is 0 Å². The number of rotatable bonds is 5. The van der Waals surface area contributed by atoms with Crippen LogP contribution < -0.4 is 5.32 Å². The van der Waals surface area contributed by atoms with E-state index in [1.807, 2.05) is 25.1 Å². The Kier molecular flexibility index (Phi) is 4.51. The lowest BCUT2D eigenvalue weighted by atomic mass is 10.2. The van der Waals surface area contributed by atoms with Gasteiger partial charge in [-0.1, -0.05) is 0 Å². The number of aromatic amines is 1. The van der Waals surface area contributed by atoms with Crippen molar-refractivity contribution in [3.8, 4) is 11.4 Å². The molecule has 0 aliphatic rings. The highest BCUT2D eigenvalue weighted by Gasteiger charge is 2.10. The van der Waals surface area contributed by atoms with E-state index in [1.165, 1.54) is 0 Å². The van der Waals surface area contributed by atoms with Gasteiger partial charge in [0.05, 0.1) is 12.3 Å². The number of carbonyl (C=O) groups is 1. The summed E-state index contributed by atoms with van der Waals surface area (Å²) in [7, 11) is 0. The summed E-state index contributed by atoms with van der Waals surface area (Å²) in [5, 5.41) is 3.17. The van der Waals surface area contributed by atoms with Crippen LogP contribution in [0.4, 0.5) is 11.5 Å². The molecule has 24 heavy (non-hydrogen) atoms. The smallest absolute Gasteiger partial charge is 0.354 e. The van der Waals surface area contributed by atoms with Crippen molar-refractivity contribution in [2.24, 2.45) is 0 Å². The number of pyridine rings is 1. The number of ether oxygens (including phenoxy) is 1. The van der Waals surface area contributed by atoms with E-state index in [2.05, 4.69) is 25.3 Å². The Hall–Kier alpha value is -3.22. The minimum Gasteiger partial charge on any atom is -0.461 e. The van der Waals surface area contributed by atoms with Crippen molar-refractivity contribution in [1.29, 1.82) is 0 Å². The Morgan fingerprint density at radius 1 is 1.25 bits per heavy atom. The lowest BCUT2D eigenvalue weighted by Gasteiger charge is -2.07. The number of aryl methyl sites for hydroxylation is 1. The Morgan fingerprint density at radius 3 is 2.79 bits per heavy atom. The molecule has 0 unspecified atom stereocenters. The normalized spacial score (nSPS) is 10.4. The van der Waals surface area contributed by atoms with Crippen LogP contribution in [-0.2, 0) is 4.74 Å². The number of nitrogens with one attached hydrogen (secondary N) is 2. The molecule has 0 saturated heterocycles. The maximum absolute atomic E-state index is 11.7. The average Bonchev–Trinajstić information content (AvgIpc) is 3.04. The third-order valence-corrected chi connectivity index (χ3v) is 3.24. The van der Waals surface area contributed by atoms with E-state index in [-0.39, 0.29) is 5.97 Å². The highest BCUT2D eigenvalue weighted by Crippen LogP contribution is 2.20. The number of carbonyl (C=O) groups excluding carboxylic acids is 1. The molecule has 0 fully saturated rings. The molecule has 122 valence electrons. The number of esters is 1. The fourth-order valence-electron chi connectivity index (χ4n) is 2.20. The average molecular weight is 323 g/mol. The van der Waals surface area contributed by atoms with Gasteiger partial charge in [0.25, 0.3) is 0 Å². The fourth-order valence-corrected chi connectivity index (χ4v) is 2.20. The molecule has 0 radical (unpaired) electrons. The minimum atomic E-state index is -0.387. The number of hydrogen-bond acceptors (Lipinski definition) is 6. The first-order valence-corrected chi connectivity index (χ1v) is 7.54. The second-order valence-corrected chi connectivity index (χ2v) is 5.10. The van der Waals surface area contributed by atoms with Gasteiger partial charge in [-0.25, -0.2) is 14.8 Å². The van der Waals surface area contributed by atoms with Gasteiger partial charge in [0.15, 0.2) is 5.82 Å². The van der Waals surface area contributed by atoms with Crippen LogP contribution in [0.15, 0.2) is 42.9 Å². The van der Waals surface area contributed by atoms with Crippen LogP contribution >= 0.6 is 0 Å². The summed E-state index contributed by atoms with van der Waals surface area (Å²) >= 11 is 0. The van der Waals surface area contributed by atoms with Crippen molar-refractivity contribution in [2.75, 3.05) is 11.9 Å². The molecule has 3 aromatic rings. The third-order valence-electron chi connectivity index (χ3n) is 3.24. The molecule has 0 aliphatic heterocycles. The second kappa shape index (κ2) is 6.91. The van der Waals surface area contributed by atoms with E-state index in [0.717, 1.165) is 16.9 Å². The van der Waals surface area contributed by atoms with Crippen LogP contribution in [-0.4, -0.2) is 32.5 Å². The Morgan fingerprint density at radius 2 is 2.04 bits per heavy atom. The van der Waals surface area contributed by atoms with Crippen LogP contribution in [0.3, 0.4) is 0 Å². The molecule has 0 aromatic carbocycles. The van der Waals surface area contributed by atoms with Gasteiger partial charge >= 0.3 is 5.97 Å². The molecule has 7 heteroatoms. The summed E-state index contributed by atoms with van der Waals surface area (Å²) in [6, 6.07) is 7.23. The zero-order valence-corrected chi connectivity index (χ0v) is 13.4. The molecule has 0 bridgehead atoms. The lowest BCUT2D eigenvalue weighted by Crippen LogP contribution is -2.04. The first-order valence-electron chi connectivity index (χ1n) is 7.54. The van der Waals surface area contributed by atoms with Gasteiger partial charge in [-0.3, -0.25) is 4.98 Å². The largest absolute Gasteiger partial charge is 0.461 e. The van der Waals surface area contributed by atoms with Crippen LogP contribution in [0.25, 0.3) is 11.4 Å². The Bertz CT molecular complexity index is 845. The molecule has 7 nitrogen and oxygen atoms in total. The van der Waals surface area contributed by atoms with Gasteiger partial charge in [-0.05, 0) is 32.0 Å². The molecular formula is C17H17N5O2. The standard InChI is InChI=1S/C17H17N5O2/c1-3-24-17(23)14-9-13(10-19-14)21-15-8-11(2)20-16(22-15)12-4-6-18-7-5-12/h4-10,19H,3H2,1-2H3,(H,20,21,22). The summed E-state index contributed by atoms with van der Waals surface area (Å²) in [6.45, 7) is 4.00. The van der Waals surface area contributed by atoms with Gasteiger partial charge < -0.3 is 15.0 Å². The Labute approximate surface area is 139 Å². The monoisotopic (exact) mass is 323 g/mol. The summed E-state index contributed by atoms with van der Waals surface area (Å²) in [5.41, 5.74) is 2.83. The predicted octanol–water partition coefficient (Wildman–Crippen LogP) is 3.10. The number of anilines is 2. The highest BCUT2D eigenvalue weighted by molar-refractivity contribution is 5.89. The van der Waals surface area contributed by atoms with Crippen LogP contribution in [0.5, 0.6) is 0 Å². The molecule has 3 aromatic heterocycles. The summed E-state index contributed by atoms with van der Waals surface area (Å²) < 4.78 is 4.96. The number of nitrogens with zero attached hydrogens (tertiary/aromatic N) is 3. The SMILES string of the molecule is CCOC(=O)c1cc(Nc2cc(C)nc(-c3ccncc3)n2)c[nH]1. The van der Waals surface area contributed by atoms with Crippen molar-refractivity contribution >= 4 is 17.5 Å². The van der Waals surface area contributed by atoms with Crippen molar-refractivity contribution in [2.45, 2.75) is 13.8 Å². The predicted molar refractivity (Wildman–Crippen MR) is 90.0 cm³/mol. The summed E-state index contributed by atoms with van der Waals surface area (Å²) in [6.07, 6.45) is 5.09. The molecule has 2 N–H and O–H groups in total. The quantitative estimate of drug-likeness (QED) is 0.701. The summed E-state index contributed by atoms with van der Waals surface area (Å²) in [5.74, 6) is 0.867.